The number of likely N-dealkylation sites (N-methyl/N-ethyl adjacent to an activating group) is 1. The number of amides is 1. The number of aromatic nitrogens is 1. The molecule has 0 radical (unpaired) electrons. The Kier molecular flexibility index (Phi) is 4.94. The Morgan fingerprint density at radius 1 is 1.32 bits per heavy atom. The van der Waals surface area contributed by atoms with Crippen LogP contribution in [-0.4, -0.2) is 36.4 Å². The summed E-state index contributed by atoms with van der Waals surface area (Å²) in [6.45, 7) is 0.153. The third-order valence-electron chi connectivity index (χ3n) is 2.91. The second kappa shape index (κ2) is 7.09. The van der Waals surface area contributed by atoms with Crippen molar-refractivity contribution in [3.8, 4) is 17.7 Å². The maximum absolute atomic E-state index is 11.7. The van der Waals surface area contributed by atoms with Gasteiger partial charge >= 0.3 is 0 Å². The molecule has 0 atom stereocenters. The zero-order valence-electron chi connectivity index (χ0n) is 12.4. The normalized spacial score (nSPS) is 9.68. The number of pyridine rings is 1. The first-order valence-corrected chi connectivity index (χ1v) is 6.68. The zero-order chi connectivity index (χ0) is 15.9. The van der Waals surface area contributed by atoms with Gasteiger partial charge in [0, 0.05) is 20.3 Å². The Bertz CT molecular complexity index is 707. The fourth-order valence-corrected chi connectivity index (χ4v) is 1.69. The molecule has 0 unspecified atom stereocenters. The molecular weight excluding hydrogens is 280 g/mol. The van der Waals surface area contributed by atoms with Crippen molar-refractivity contribution in [2.24, 2.45) is 0 Å². The summed E-state index contributed by atoms with van der Waals surface area (Å²) in [5.74, 6) is 0.688. The first kappa shape index (κ1) is 15.3. The molecular formula is C16H16N4O2. The molecule has 0 spiro atoms. The second-order valence-electron chi connectivity index (χ2n) is 4.71. The van der Waals surface area contributed by atoms with E-state index in [1.54, 1.807) is 44.6 Å². The number of nitrogens with one attached hydrogen (secondary N) is 1. The predicted molar refractivity (Wildman–Crippen MR) is 82.7 cm³/mol. The van der Waals surface area contributed by atoms with Crippen LogP contribution in [0, 0.1) is 11.3 Å². The number of carbonyl (C=O) groups excluding carboxylic acids is 1. The summed E-state index contributed by atoms with van der Waals surface area (Å²) in [6.07, 6.45) is 1.56. The highest BCUT2D eigenvalue weighted by atomic mass is 16.5. The summed E-state index contributed by atoms with van der Waals surface area (Å²) in [7, 11) is 3.39. The number of anilines is 1. The van der Waals surface area contributed by atoms with Crippen molar-refractivity contribution in [2.75, 3.05) is 26.0 Å². The molecule has 0 saturated carbocycles. The molecule has 0 aliphatic heterocycles. The number of carbonyl (C=O) groups is 1. The summed E-state index contributed by atoms with van der Waals surface area (Å²) < 4.78 is 5.70. The van der Waals surface area contributed by atoms with Gasteiger partial charge in [0.05, 0.1) is 12.2 Å². The number of rotatable bonds is 5. The molecule has 1 N–H and O–H groups in total. The van der Waals surface area contributed by atoms with Gasteiger partial charge < -0.3 is 15.0 Å². The van der Waals surface area contributed by atoms with Gasteiger partial charge in [-0.25, -0.2) is 4.98 Å². The van der Waals surface area contributed by atoms with Crippen LogP contribution in [0.15, 0.2) is 42.6 Å². The molecule has 0 bridgehead atoms. The fourth-order valence-electron chi connectivity index (χ4n) is 1.69. The van der Waals surface area contributed by atoms with Crippen LogP contribution < -0.4 is 10.1 Å². The average Bonchev–Trinajstić information content (AvgIpc) is 2.54. The molecule has 0 saturated heterocycles. The van der Waals surface area contributed by atoms with E-state index in [9.17, 15) is 4.79 Å². The molecule has 6 nitrogen and oxygen atoms in total. The Balaban J connectivity index is 2.18. The van der Waals surface area contributed by atoms with Crippen LogP contribution in [0.25, 0.3) is 0 Å². The van der Waals surface area contributed by atoms with Crippen molar-refractivity contribution >= 4 is 11.6 Å². The summed E-state index contributed by atoms with van der Waals surface area (Å²) >= 11 is 0. The van der Waals surface area contributed by atoms with Gasteiger partial charge in [0.1, 0.15) is 11.6 Å². The minimum atomic E-state index is -0.0506. The lowest BCUT2D eigenvalue weighted by Gasteiger charge is -2.14. The van der Waals surface area contributed by atoms with Gasteiger partial charge in [-0.2, -0.15) is 5.26 Å². The minimum Gasteiger partial charge on any atom is -0.436 e. The average molecular weight is 296 g/mol. The number of benzene rings is 1. The van der Waals surface area contributed by atoms with Gasteiger partial charge in [-0.1, -0.05) is 12.1 Å². The standard InChI is InChI=1S/C16H16N4O2/c1-20(2)15(21)11-19-13-7-3-4-8-14(13)22-16-12(10-17)6-5-9-18-16/h3-9,19H,11H2,1-2H3. The molecule has 2 rings (SSSR count). The van der Waals surface area contributed by atoms with Crippen LogP contribution in [-0.2, 0) is 4.79 Å². The predicted octanol–water partition coefficient (Wildman–Crippen LogP) is 2.25. The van der Waals surface area contributed by atoms with E-state index in [0.29, 0.717) is 17.0 Å². The third-order valence-corrected chi connectivity index (χ3v) is 2.91. The highest BCUT2D eigenvalue weighted by molar-refractivity contribution is 5.81. The molecule has 1 heterocycles. The Labute approximate surface area is 129 Å². The number of hydrogen-bond acceptors (Lipinski definition) is 5. The lowest BCUT2D eigenvalue weighted by molar-refractivity contribution is -0.126. The summed E-state index contributed by atoms with van der Waals surface area (Å²) in [5, 5.41) is 12.1. The Morgan fingerprint density at radius 3 is 2.82 bits per heavy atom. The van der Waals surface area contributed by atoms with E-state index < -0.39 is 0 Å². The lowest BCUT2D eigenvalue weighted by atomic mass is 10.2. The van der Waals surface area contributed by atoms with Gasteiger partial charge in [-0.15, -0.1) is 0 Å². The van der Waals surface area contributed by atoms with Crippen molar-refractivity contribution in [3.63, 3.8) is 0 Å². The second-order valence-corrected chi connectivity index (χ2v) is 4.71. The van der Waals surface area contributed by atoms with Crippen molar-refractivity contribution in [3.05, 3.63) is 48.2 Å². The summed E-state index contributed by atoms with van der Waals surface area (Å²) in [5.41, 5.74) is 1.01. The number of para-hydroxylation sites is 2. The van der Waals surface area contributed by atoms with Crippen LogP contribution >= 0.6 is 0 Å². The first-order chi connectivity index (χ1) is 10.6. The SMILES string of the molecule is CN(C)C(=O)CNc1ccccc1Oc1ncccc1C#N. The van der Waals surface area contributed by atoms with Crippen LogP contribution in [0.1, 0.15) is 5.56 Å². The van der Waals surface area contributed by atoms with E-state index in [1.165, 1.54) is 4.90 Å². The van der Waals surface area contributed by atoms with Crippen molar-refractivity contribution < 1.29 is 9.53 Å². The topological polar surface area (TPSA) is 78.2 Å². The third kappa shape index (κ3) is 3.73. The van der Waals surface area contributed by atoms with Gasteiger partial charge in [-0.05, 0) is 24.3 Å². The van der Waals surface area contributed by atoms with Gasteiger partial charge in [0.15, 0.2) is 5.75 Å². The smallest absolute Gasteiger partial charge is 0.241 e. The number of nitriles is 1. The molecule has 112 valence electrons. The largest absolute Gasteiger partial charge is 0.436 e. The van der Waals surface area contributed by atoms with E-state index in [2.05, 4.69) is 10.3 Å². The summed E-state index contributed by atoms with van der Waals surface area (Å²) in [6, 6.07) is 12.5. The van der Waals surface area contributed by atoms with E-state index in [-0.39, 0.29) is 18.3 Å². The minimum absolute atomic E-state index is 0.0506. The van der Waals surface area contributed by atoms with Gasteiger partial charge in [-0.3, -0.25) is 4.79 Å². The van der Waals surface area contributed by atoms with Gasteiger partial charge in [0.2, 0.25) is 11.8 Å². The highest BCUT2D eigenvalue weighted by Crippen LogP contribution is 2.29. The molecule has 1 aromatic heterocycles. The molecule has 22 heavy (non-hydrogen) atoms. The molecule has 0 fully saturated rings. The van der Waals surface area contributed by atoms with E-state index in [1.807, 2.05) is 18.2 Å². The van der Waals surface area contributed by atoms with E-state index in [4.69, 9.17) is 10.00 Å². The molecule has 1 amide bonds. The van der Waals surface area contributed by atoms with Crippen LogP contribution in [0.3, 0.4) is 0 Å². The maximum atomic E-state index is 11.7. The Morgan fingerprint density at radius 2 is 2.09 bits per heavy atom. The molecule has 6 heteroatoms. The van der Waals surface area contributed by atoms with Crippen molar-refractivity contribution in [2.45, 2.75) is 0 Å². The lowest BCUT2D eigenvalue weighted by Crippen LogP contribution is -2.28. The van der Waals surface area contributed by atoms with E-state index in [0.717, 1.165) is 0 Å². The fraction of sp³-hybridized carbons (Fsp3) is 0.188. The van der Waals surface area contributed by atoms with Crippen molar-refractivity contribution in [1.82, 2.24) is 9.88 Å². The quantitative estimate of drug-likeness (QED) is 0.915. The number of hydrogen-bond donors (Lipinski definition) is 1. The molecule has 2 aromatic rings. The first-order valence-electron chi connectivity index (χ1n) is 6.68. The molecule has 0 aliphatic carbocycles. The van der Waals surface area contributed by atoms with E-state index >= 15 is 0 Å². The molecule has 0 aliphatic rings. The zero-order valence-corrected chi connectivity index (χ0v) is 12.4. The highest BCUT2D eigenvalue weighted by Gasteiger charge is 2.10. The summed E-state index contributed by atoms with van der Waals surface area (Å²) in [4.78, 5) is 17.2. The Hall–Kier alpha value is -3.07. The monoisotopic (exact) mass is 296 g/mol. The van der Waals surface area contributed by atoms with Crippen LogP contribution in [0.4, 0.5) is 5.69 Å². The van der Waals surface area contributed by atoms with Crippen LogP contribution in [0.2, 0.25) is 0 Å². The van der Waals surface area contributed by atoms with Crippen LogP contribution in [0.5, 0.6) is 11.6 Å². The van der Waals surface area contributed by atoms with Gasteiger partial charge in [0.25, 0.3) is 0 Å². The van der Waals surface area contributed by atoms with Crippen molar-refractivity contribution in [1.29, 1.82) is 5.26 Å². The number of nitrogens with zero attached hydrogens (tertiary/aromatic N) is 3. The molecule has 1 aromatic carbocycles. The number of ether oxygens (including phenoxy) is 1. The maximum Gasteiger partial charge on any atom is 0.241 e.